The highest BCUT2D eigenvalue weighted by Crippen LogP contribution is 2.49. The van der Waals surface area contributed by atoms with Crippen LogP contribution >= 0.6 is 45.3 Å². The maximum Gasteiger partial charge on any atom is 0.262 e. The van der Waals surface area contributed by atoms with Gasteiger partial charge in [-0.3, -0.25) is 29.0 Å². The monoisotopic (exact) mass is 552 g/mol. The van der Waals surface area contributed by atoms with Gasteiger partial charge in [0.15, 0.2) is 0 Å². The van der Waals surface area contributed by atoms with Gasteiger partial charge in [0.25, 0.3) is 23.6 Å². The van der Waals surface area contributed by atoms with Crippen LogP contribution in [0.5, 0.6) is 0 Å². The summed E-state index contributed by atoms with van der Waals surface area (Å²) in [6.45, 7) is 4.65. The fraction of sp³-hybridized carbons (Fsp3) is 0.167. The molecule has 0 aliphatic carbocycles. The van der Waals surface area contributed by atoms with E-state index in [2.05, 4.69) is 25.2 Å². The van der Waals surface area contributed by atoms with Crippen molar-refractivity contribution < 1.29 is 19.2 Å². The van der Waals surface area contributed by atoms with Crippen LogP contribution in [0.4, 0.5) is 0 Å². The van der Waals surface area contributed by atoms with Gasteiger partial charge in [-0.15, -0.1) is 45.3 Å². The summed E-state index contributed by atoms with van der Waals surface area (Å²) < 4.78 is 0. The van der Waals surface area contributed by atoms with Crippen LogP contribution in [0.2, 0.25) is 13.1 Å². The molecule has 0 atom stereocenters. The van der Waals surface area contributed by atoms with E-state index in [1.165, 1.54) is 66.7 Å². The number of hydrogen-bond acceptors (Lipinski definition) is 8. The molecule has 7 rings (SSSR count). The molecule has 4 aromatic heterocycles. The molecule has 0 radical (unpaired) electrons. The summed E-state index contributed by atoms with van der Waals surface area (Å²) in [6, 6.07) is 4.45. The van der Waals surface area contributed by atoms with Gasteiger partial charge in [-0.25, -0.2) is 0 Å². The first-order valence-electron chi connectivity index (χ1n) is 10.8. The second-order valence-corrected chi connectivity index (χ2v) is 17.6. The number of carbonyl (C=O) groups excluding carboxylic acids is 4. The fourth-order valence-electron chi connectivity index (χ4n) is 5.12. The van der Waals surface area contributed by atoms with Gasteiger partial charge in [-0.05, 0) is 22.5 Å². The molecule has 7 heterocycles. The van der Waals surface area contributed by atoms with E-state index in [9.17, 15) is 19.2 Å². The van der Waals surface area contributed by atoms with E-state index in [0.29, 0.717) is 22.3 Å². The highest BCUT2D eigenvalue weighted by Gasteiger charge is 2.44. The molecule has 6 nitrogen and oxygen atoms in total. The molecule has 11 heteroatoms. The van der Waals surface area contributed by atoms with Gasteiger partial charge in [0.05, 0.1) is 32.0 Å². The number of carbonyl (C=O) groups is 4. The quantitative estimate of drug-likeness (QED) is 0.271. The summed E-state index contributed by atoms with van der Waals surface area (Å²) in [5.74, 6) is -0.945. The zero-order valence-electron chi connectivity index (χ0n) is 19.0. The van der Waals surface area contributed by atoms with Gasteiger partial charge in [-0.1, -0.05) is 13.1 Å². The van der Waals surface area contributed by atoms with Gasteiger partial charge in [0.2, 0.25) is 0 Å². The van der Waals surface area contributed by atoms with Crippen LogP contribution in [-0.2, 0) is 0 Å². The van der Waals surface area contributed by atoms with Gasteiger partial charge in [0, 0.05) is 44.4 Å². The van der Waals surface area contributed by atoms with Crippen molar-refractivity contribution in [3.63, 3.8) is 0 Å². The van der Waals surface area contributed by atoms with E-state index in [1.807, 2.05) is 0 Å². The maximum atomic E-state index is 12.7. The summed E-state index contributed by atoms with van der Waals surface area (Å²) in [7, 11) is 1.06. The fourth-order valence-corrected chi connectivity index (χ4v) is 14.6. The summed E-state index contributed by atoms with van der Waals surface area (Å²) in [4.78, 5) is 58.9. The first-order valence-corrected chi connectivity index (χ1v) is 17.2. The van der Waals surface area contributed by atoms with Crippen LogP contribution in [0.3, 0.4) is 0 Å². The normalized spacial score (nSPS) is 17.5. The van der Waals surface area contributed by atoms with E-state index in [-0.39, 0.29) is 23.6 Å². The lowest BCUT2D eigenvalue weighted by Crippen LogP contribution is -2.48. The van der Waals surface area contributed by atoms with E-state index in [1.54, 1.807) is 33.4 Å². The third-order valence-corrected chi connectivity index (χ3v) is 15.8. The Kier molecular flexibility index (Phi) is 4.15. The zero-order chi connectivity index (χ0) is 24.5. The van der Waals surface area contributed by atoms with Crippen molar-refractivity contribution >= 4 is 87.4 Å². The number of thiophene rings is 4. The minimum absolute atomic E-state index is 0.235. The number of imide groups is 2. The summed E-state index contributed by atoms with van der Waals surface area (Å²) in [5.41, 5.74) is 2.04. The molecule has 0 saturated carbocycles. The van der Waals surface area contributed by atoms with Gasteiger partial charge in [-0.2, -0.15) is 0 Å². The minimum atomic E-state index is -2.00. The Bertz CT molecular complexity index is 1580. The molecule has 0 N–H and O–H groups in total. The molecule has 0 unspecified atom stereocenters. The van der Waals surface area contributed by atoms with Crippen LogP contribution in [0.1, 0.15) is 41.4 Å². The predicted octanol–water partition coefficient (Wildman–Crippen LogP) is 4.52. The van der Waals surface area contributed by atoms with Crippen LogP contribution in [0.25, 0.3) is 29.3 Å². The van der Waals surface area contributed by atoms with Crippen LogP contribution in [-0.4, -0.2) is 55.6 Å². The van der Waals surface area contributed by atoms with Gasteiger partial charge < -0.3 is 0 Å². The van der Waals surface area contributed by atoms with Crippen molar-refractivity contribution in [1.29, 1.82) is 0 Å². The number of nitrogens with zero attached hydrogens (tertiary/aromatic N) is 2. The summed E-state index contributed by atoms with van der Waals surface area (Å²) in [6.07, 6.45) is 0. The predicted molar refractivity (Wildman–Crippen MR) is 144 cm³/mol. The van der Waals surface area contributed by atoms with Crippen molar-refractivity contribution in [3.05, 3.63) is 45.1 Å². The number of fused-ring (bicyclic) bond motifs is 5. The molecule has 3 aliphatic heterocycles. The number of rotatable bonds is 2. The van der Waals surface area contributed by atoms with Crippen LogP contribution < -0.4 is 10.4 Å². The van der Waals surface area contributed by atoms with Gasteiger partial charge in [0.1, 0.15) is 8.07 Å². The molecular weight excluding hydrogens is 537 g/mol. The Hall–Kier alpha value is -2.70. The van der Waals surface area contributed by atoms with Crippen LogP contribution in [0, 0.1) is 0 Å². The van der Waals surface area contributed by atoms with Crippen molar-refractivity contribution in [1.82, 2.24) is 9.80 Å². The molecular formula is C24H16N2O4S4Si. The Morgan fingerprint density at radius 2 is 1.03 bits per heavy atom. The van der Waals surface area contributed by atoms with E-state index >= 15 is 0 Å². The smallest absolute Gasteiger partial charge is 0.262 e. The third-order valence-electron chi connectivity index (χ3n) is 7.15. The molecule has 4 aromatic rings. The van der Waals surface area contributed by atoms with Crippen molar-refractivity contribution in [2.75, 3.05) is 14.1 Å². The molecule has 35 heavy (non-hydrogen) atoms. The maximum absolute atomic E-state index is 12.7. The standard InChI is InChI=1S/C24H16N2O4S4Si/c1-25-21(27)9-7-31-17(15(9)23(25)29)11-5-13-19(33-11)20-14(35(13,3)4)6-12(34-20)18-16-10(8-32-18)22(28)26(2)24(16)30/h5-8H,1-4H3. The van der Waals surface area contributed by atoms with Crippen molar-refractivity contribution in [2.24, 2.45) is 0 Å². The Balaban J connectivity index is 1.36. The molecule has 0 bridgehead atoms. The summed E-state index contributed by atoms with van der Waals surface area (Å²) >= 11 is 6.28. The SMILES string of the molecule is CN1C(=O)c2csc(-c3cc4c(s3)-c3sc(-c5scc6c5C(=O)N(C)C6=O)cc3[Si]4(C)C)c2C1=O. The average molecular weight is 553 g/mol. The largest absolute Gasteiger partial charge is 0.277 e. The number of amides is 4. The summed E-state index contributed by atoms with van der Waals surface area (Å²) in [5, 5.41) is 6.28. The molecule has 0 spiro atoms. The first kappa shape index (κ1) is 21.6. The molecule has 3 aliphatic rings. The molecule has 0 saturated heterocycles. The molecule has 4 amide bonds. The first-order chi connectivity index (χ1) is 16.6. The molecule has 0 fully saturated rings. The van der Waals surface area contributed by atoms with E-state index < -0.39 is 8.07 Å². The number of hydrogen-bond donors (Lipinski definition) is 0. The van der Waals surface area contributed by atoms with Gasteiger partial charge >= 0.3 is 0 Å². The van der Waals surface area contributed by atoms with E-state index in [4.69, 9.17) is 0 Å². The van der Waals surface area contributed by atoms with Crippen molar-refractivity contribution in [3.8, 4) is 29.3 Å². The Morgan fingerprint density at radius 3 is 1.43 bits per heavy atom. The van der Waals surface area contributed by atoms with E-state index in [0.717, 1.165) is 19.5 Å². The highest BCUT2D eigenvalue weighted by molar-refractivity contribution is 7.33. The third kappa shape index (κ3) is 2.52. The minimum Gasteiger partial charge on any atom is -0.277 e. The lowest BCUT2D eigenvalue weighted by atomic mass is 10.1. The van der Waals surface area contributed by atoms with Crippen LogP contribution in [0.15, 0.2) is 22.9 Å². The topological polar surface area (TPSA) is 74.8 Å². The second-order valence-electron chi connectivity index (χ2n) is 9.38. The Labute approximate surface area is 217 Å². The highest BCUT2D eigenvalue weighted by atomic mass is 32.1. The average Bonchev–Trinajstić information content (AvgIpc) is 3.65. The molecule has 174 valence electrons. The van der Waals surface area contributed by atoms with Crippen molar-refractivity contribution in [2.45, 2.75) is 13.1 Å². The Morgan fingerprint density at radius 1 is 0.629 bits per heavy atom. The zero-order valence-corrected chi connectivity index (χ0v) is 23.2. The lowest BCUT2D eigenvalue weighted by Gasteiger charge is -2.16. The molecule has 0 aromatic carbocycles. The second kappa shape index (κ2) is 6.74. The lowest BCUT2D eigenvalue weighted by molar-refractivity contribution is 0.0678.